The van der Waals surface area contributed by atoms with Crippen molar-refractivity contribution in [2.24, 2.45) is 5.92 Å². The van der Waals surface area contributed by atoms with Gasteiger partial charge in [0.1, 0.15) is 11.3 Å². The van der Waals surface area contributed by atoms with Gasteiger partial charge in [-0.1, -0.05) is 0 Å². The number of ketones is 1. The third-order valence-electron chi connectivity index (χ3n) is 3.51. The molecule has 0 saturated carbocycles. The Hall–Kier alpha value is -2.10. The first-order valence-electron chi connectivity index (χ1n) is 5.84. The average molecular weight is 244 g/mol. The van der Waals surface area contributed by atoms with Crippen molar-refractivity contribution in [3.63, 3.8) is 0 Å². The molecule has 2 aromatic rings. The zero-order valence-corrected chi connectivity index (χ0v) is 9.90. The van der Waals surface area contributed by atoms with E-state index in [1.807, 2.05) is 0 Å². The van der Waals surface area contributed by atoms with Crippen molar-refractivity contribution < 1.29 is 19.1 Å². The molecule has 0 radical (unpaired) electrons. The summed E-state index contributed by atoms with van der Waals surface area (Å²) in [5.41, 5.74) is 2.30. The van der Waals surface area contributed by atoms with Gasteiger partial charge in [-0.25, -0.2) is 0 Å². The molecule has 4 heteroatoms. The second-order valence-corrected chi connectivity index (χ2v) is 4.71. The highest BCUT2D eigenvalue weighted by Gasteiger charge is 2.31. The SMILES string of the molecule is CC(=O)c1ccc2oc3c(c2c1)CC(C(=O)O)C3. The van der Waals surface area contributed by atoms with Crippen molar-refractivity contribution in [2.75, 3.05) is 0 Å². The van der Waals surface area contributed by atoms with E-state index in [4.69, 9.17) is 9.52 Å². The molecule has 1 aromatic heterocycles. The smallest absolute Gasteiger partial charge is 0.307 e. The highest BCUT2D eigenvalue weighted by molar-refractivity contribution is 5.98. The van der Waals surface area contributed by atoms with Crippen LogP contribution in [-0.4, -0.2) is 16.9 Å². The van der Waals surface area contributed by atoms with Crippen LogP contribution >= 0.6 is 0 Å². The van der Waals surface area contributed by atoms with Gasteiger partial charge in [0.05, 0.1) is 5.92 Å². The van der Waals surface area contributed by atoms with Crippen LogP contribution in [0.25, 0.3) is 11.0 Å². The van der Waals surface area contributed by atoms with Crippen LogP contribution in [0.1, 0.15) is 28.6 Å². The average Bonchev–Trinajstić information content (AvgIpc) is 2.84. The zero-order chi connectivity index (χ0) is 12.9. The number of hydrogen-bond acceptors (Lipinski definition) is 3. The second-order valence-electron chi connectivity index (χ2n) is 4.71. The molecule has 1 aromatic carbocycles. The molecule has 4 nitrogen and oxygen atoms in total. The summed E-state index contributed by atoms with van der Waals surface area (Å²) in [6.45, 7) is 1.52. The van der Waals surface area contributed by atoms with Crippen molar-refractivity contribution in [1.29, 1.82) is 0 Å². The van der Waals surface area contributed by atoms with Gasteiger partial charge in [0.25, 0.3) is 0 Å². The molecule has 0 fully saturated rings. The largest absolute Gasteiger partial charge is 0.481 e. The van der Waals surface area contributed by atoms with Crippen molar-refractivity contribution in [2.45, 2.75) is 19.8 Å². The van der Waals surface area contributed by atoms with E-state index in [9.17, 15) is 9.59 Å². The molecule has 92 valence electrons. The Labute approximate surface area is 103 Å². The number of carbonyl (C=O) groups excluding carboxylic acids is 1. The lowest BCUT2D eigenvalue weighted by atomic mass is 10.0. The predicted octanol–water partition coefficient (Wildman–Crippen LogP) is 2.43. The monoisotopic (exact) mass is 244 g/mol. The van der Waals surface area contributed by atoms with E-state index in [0.29, 0.717) is 18.4 Å². The first-order valence-corrected chi connectivity index (χ1v) is 5.84. The summed E-state index contributed by atoms with van der Waals surface area (Å²) in [6.07, 6.45) is 0.924. The summed E-state index contributed by atoms with van der Waals surface area (Å²) < 4.78 is 5.65. The van der Waals surface area contributed by atoms with Crippen molar-refractivity contribution >= 4 is 22.7 Å². The minimum atomic E-state index is -0.794. The van der Waals surface area contributed by atoms with Crippen molar-refractivity contribution in [1.82, 2.24) is 0 Å². The number of fused-ring (bicyclic) bond motifs is 3. The van der Waals surface area contributed by atoms with Crippen LogP contribution in [0.4, 0.5) is 0 Å². The number of carbonyl (C=O) groups is 2. The Morgan fingerprint density at radius 2 is 2.11 bits per heavy atom. The summed E-state index contributed by atoms with van der Waals surface area (Å²) in [5, 5.41) is 9.90. The van der Waals surface area contributed by atoms with Crippen molar-refractivity contribution in [3.05, 3.63) is 35.1 Å². The van der Waals surface area contributed by atoms with Crippen LogP contribution in [0.2, 0.25) is 0 Å². The predicted molar refractivity (Wildman–Crippen MR) is 64.8 cm³/mol. The number of furan rings is 1. The van der Waals surface area contributed by atoms with Gasteiger partial charge in [-0.2, -0.15) is 0 Å². The Balaban J connectivity index is 2.12. The summed E-state index contributed by atoms with van der Waals surface area (Å²) in [5.74, 6) is -0.445. The molecular formula is C14H12O4. The van der Waals surface area contributed by atoms with Gasteiger partial charge >= 0.3 is 5.97 Å². The van der Waals surface area contributed by atoms with Crippen LogP contribution in [0.3, 0.4) is 0 Å². The number of aliphatic carboxylic acids is 1. The van der Waals surface area contributed by atoms with Crippen molar-refractivity contribution in [3.8, 4) is 0 Å². The number of benzene rings is 1. The fourth-order valence-electron chi connectivity index (χ4n) is 2.52. The molecule has 1 unspecified atom stereocenters. The topological polar surface area (TPSA) is 67.5 Å². The van der Waals surface area contributed by atoms with Crippen LogP contribution in [-0.2, 0) is 17.6 Å². The summed E-state index contributed by atoms with van der Waals surface area (Å²) >= 11 is 0. The highest BCUT2D eigenvalue weighted by atomic mass is 16.4. The Morgan fingerprint density at radius 3 is 2.78 bits per heavy atom. The van der Waals surface area contributed by atoms with E-state index in [2.05, 4.69) is 0 Å². The third kappa shape index (κ3) is 1.53. The molecule has 0 aliphatic heterocycles. The molecule has 0 amide bonds. The van der Waals surface area contributed by atoms with Crippen LogP contribution < -0.4 is 0 Å². The maximum atomic E-state index is 11.4. The highest BCUT2D eigenvalue weighted by Crippen LogP contribution is 2.36. The van der Waals surface area contributed by atoms with Gasteiger partial charge in [0.2, 0.25) is 0 Å². The number of hydrogen-bond donors (Lipinski definition) is 1. The van der Waals surface area contributed by atoms with Crippen LogP contribution in [0.15, 0.2) is 22.6 Å². The number of carboxylic acid groups (broad SMARTS) is 1. The Bertz CT molecular complexity index is 666. The summed E-state index contributed by atoms with van der Waals surface area (Å²) in [7, 11) is 0. The van der Waals surface area contributed by atoms with Gasteiger partial charge < -0.3 is 9.52 Å². The normalized spacial score (nSPS) is 17.9. The lowest BCUT2D eigenvalue weighted by molar-refractivity contribution is -0.141. The second kappa shape index (κ2) is 3.70. The first-order chi connectivity index (χ1) is 8.56. The molecule has 0 bridgehead atoms. The van der Waals surface area contributed by atoms with Gasteiger partial charge in [-0.15, -0.1) is 0 Å². The summed E-state index contributed by atoms with van der Waals surface area (Å²) in [4.78, 5) is 22.3. The third-order valence-corrected chi connectivity index (χ3v) is 3.51. The number of Topliss-reactive ketones (excluding diaryl/α,β-unsaturated/α-hetero) is 1. The van der Waals surface area contributed by atoms with Crippen LogP contribution in [0.5, 0.6) is 0 Å². The van der Waals surface area contributed by atoms with Gasteiger partial charge in [-0.3, -0.25) is 9.59 Å². The van der Waals surface area contributed by atoms with E-state index in [1.165, 1.54) is 6.92 Å². The molecule has 1 atom stereocenters. The van der Waals surface area contributed by atoms with E-state index in [1.54, 1.807) is 18.2 Å². The molecule has 18 heavy (non-hydrogen) atoms. The maximum Gasteiger partial charge on any atom is 0.307 e. The minimum absolute atomic E-state index is 0.000341. The van der Waals surface area contributed by atoms with E-state index < -0.39 is 11.9 Å². The molecule has 1 aliphatic rings. The Morgan fingerprint density at radius 1 is 1.33 bits per heavy atom. The lowest BCUT2D eigenvalue weighted by Gasteiger charge is -2.01. The standard InChI is InChI=1S/C14H12O4/c1-7(15)8-2-3-12-10(4-8)11-5-9(14(16)17)6-13(11)18-12/h2-4,9H,5-6H2,1H3,(H,16,17). The molecule has 1 heterocycles. The molecule has 1 N–H and O–H groups in total. The van der Waals surface area contributed by atoms with Gasteiger partial charge in [0, 0.05) is 22.9 Å². The van der Waals surface area contributed by atoms with E-state index >= 15 is 0 Å². The lowest BCUT2D eigenvalue weighted by Crippen LogP contribution is -2.13. The molecule has 0 spiro atoms. The molecule has 0 saturated heterocycles. The van der Waals surface area contributed by atoms with Crippen LogP contribution in [0, 0.1) is 5.92 Å². The minimum Gasteiger partial charge on any atom is -0.481 e. The fourth-order valence-corrected chi connectivity index (χ4v) is 2.52. The van der Waals surface area contributed by atoms with Gasteiger partial charge in [0.15, 0.2) is 5.78 Å². The number of carboxylic acids is 1. The van der Waals surface area contributed by atoms with Gasteiger partial charge in [-0.05, 0) is 31.5 Å². The first kappa shape index (κ1) is 11.0. The maximum absolute atomic E-state index is 11.4. The zero-order valence-electron chi connectivity index (χ0n) is 9.90. The molecule has 1 aliphatic carbocycles. The fraction of sp³-hybridized carbons (Fsp3) is 0.286. The number of rotatable bonds is 2. The Kier molecular flexibility index (Phi) is 2.26. The van der Waals surface area contributed by atoms with E-state index in [0.717, 1.165) is 22.3 Å². The quantitative estimate of drug-likeness (QED) is 0.824. The molecule has 3 rings (SSSR count). The summed E-state index contributed by atoms with van der Waals surface area (Å²) in [6, 6.07) is 5.31. The molecular weight excluding hydrogens is 232 g/mol. The van der Waals surface area contributed by atoms with E-state index in [-0.39, 0.29) is 5.78 Å².